The molecule has 22 heavy (non-hydrogen) atoms. The summed E-state index contributed by atoms with van der Waals surface area (Å²) < 4.78 is 7.86. The average Bonchev–Trinajstić information content (AvgIpc) is 3.13. The number of rotatable bonds is 4. The summed E-state index contributed by atoms with van der Waals surface area (Å²) in [5, 5.41) is 19.4. The second-order valence-electron chi connectivity index (χ2n) is 5.00. The van der Waals surface area contributed by atoms with E-state index in [0.29, 0.717) is 5.52 Å². The molecule has 114 valence electrons. The zero-order chi connectivity index (χ0) is 15.7. The van der Waals surface area contributed by atoms with Crippen molar-refractivity contribution in [2.24, 2.45) is 0 Å². The molecule has 0 spiro atoms. The summed E-state index contributed by atoms with van der Waals surface area (Å²) in [7, 11) is 1.34. The Hall–Kier alpha value is -2.67. The number of aliphatic hydroxyl groups excluding tert-OH is 1. The van der Waals surface area contributed by atoms with E-state index in [0.717, 1.165) is 16.6 Å². The topological polar surface area (TPSA) is 82.2 Å². The van der Waals surface area contributed by atoms with E-state index in [1.165, 1.54) is 11.8 Å². The van der Waals surface area contributed by atoms with Gasteiger partial charge in [0.25, 0.3) is 0 Å². The summed E-state index contributed by atoms with van der Waals surface area (Å²) in [5.74, 6) is -0.365. The fourth-order valence-electron chi connectivity index (χ4n) is 2.35. The summed E-state index contributed by atoms with van der Waals surface area (Å²) >= 11 is 0. The number of hydrogen-bond donors (Lipinski definition) is 1. The number of ether oxygens (including phenoxy) is 1. The van der Waals surface area contributed by atoms with Gasteiger partial charge in [-0.15, -0.1) is 0 Å². The van der Waals surface area contributed by atoms with Gasteiger partial charge in [-0.05, 0) is 25.1 Å². The van der Waals surface area contributed by atoms with Crippen LogP contribution in [0.3, 0.4) is 0 Å². The second-order valence-corrected chi connectivity index (χ2v) is 5.00. The number of nitrogens with zero attached hydrogens (tertiary/aromatic N) is 4. The van der Waals surface area contributed by atoms with Gasteiger partial charge < -0.3 is 9.84 Å². The van der Waals surface area contributed by atoms with E-state index >= 15 is 0 Å². The predicted octanol–water partition coefficient (Wildman–Crippen LogP) is 1.45. The molecule has 2 aromatic heterocycles. The van der Waals surface area contributed by atoms with Crippen LogP contribution in [0.15, 0.2) is 36.8 Å². The Morgan fingerprint density at radius 1 is 1.45 bits per heavy atom. The molecule has 0 aliphatic rings. The largest absolute Gasteiger partial charge is 0.468 e. The van der Waals surface area contributed by atoms with Crippen molar-refractivity contribution in [1.29, 1.82) is 0 Å². The summed E-state index contributed by atoms with van der Waals surface area (Å²) in [4.78, 5) is 11.3. The number of hydrogen-bond acceptors (Lipinski definition) is 5. The van der Waals surface area contributed by atoms with Gasteiger partial charge in [0.15, 0.2) is 0 Å². The molecule has 3 rings (SSSR count). The van der Waals surface area contributed by atoms with Crippen LogP contribution < -0.4 is 0 Å². The molecule has 0 unspecified atom stereocenters. The van der Waals surface area contributed by atoms with Crippen LogP contribution in [0.25, 0.3) is 16.6 Å². The summed E-state index contributed by atoms with van der Waals surface area (Å²) in [6, 6.07) is 5.52. The predicted molar refractivity (Wildman–Crippen MR) is 79.5 cm³/mol. The number of methoxy groups -OCH3 is 1. The van der Waals surface area contributed by atoms with Gasteiger partial charge in [-0.3, -0.25) is 9.48 Å². The van der Waals surface area contributed by atoms with Crippen molar-refractivity contribution in [3.05, 3.63) is 42.4 Å². The fraction of sp³-hybridized carbons (Fsp3) is 0.267. The minimum atomic E-state index is -0.658. The van der Waals surface area contributed by atoms with E-state index in [-0.39, 0.29) is 12.5 Å². The van der Waals surface area contributed by atoms with E-state index in [4.69, 9.17) is 0 Å². The summed E-state index contributed by atoms with van der Waals surface area (Å²) in [6.07, 6.45) is 4.60. The molecule has 0 aliphatic heterocycles. The minimum absolute atomic E-state index is 0.0479. The molecule has 0 amide bonds. The van der Waals surface area contributed by atoms with E-state index in [1.54, 1.807) is 24.0 Å². The molecule has 1 N–H and O–H groups in total. The van der Waals surface area contributed by atoms with Gasteiger partial charge in [-0.25, -0.2) is 4.68 Å². The maximum Gasteiger partial charge on any atom is 0.327 e. The first-order chi connectivity index (χ1) is 10.6. The Labute approximate surface area is 126 Å². The van der Waals surface area contributed by atoms with Crippen molar-refractivity contribution in [1.82, 2.24) is 19.6 Å². The number of esters is 1. The number of carbonyl (C=O) groups is 1. The van der Waals surface area contributed by atoms with Gasteiger partial charge in [0.05, 0.1) is 24.4 Å². The van der Waals surface area contributed by atoms with Crippen molar-refractivity contribution < 1.29 is 14.6 Å². The highest BCUT2D eigenvalue weighted by molar-refractivity contribution is 5.82. The van der Waals surface area contributed by atoms with E-state index in [2.05, 4.69) is 14.9 Å². The standard InChI is InChI=1S/C15H16N4O3/c1-10(20)12-7-13-11(6-14(12)19-5-3-4-16-19)8-18(17-13)9-15(21)22-2/h3-8,10,20H,9H2,1-2H3/t10-/m1/s1. The Bertz CT molecular complexity index is 806. The smallest absolute Gasteiger partial charge is 0.327 e. The van der Waals surface area contributed by atoms with Crippen molar-refractivity contribution in [3.8, 4) is 5.69 Å². The van der Waals surface area contributed by atoms with Gasteiger partial charge >= 0.3 is 5.97 Å². The Kier molecular flexibility index (Phi) is 3.64. The highest BCUT2D eigenvalue weighted by Gasteiger charge is 2.14. The van der Waals surface area contributed by atoms with E-state index in [9.17, 15) is 9.90 Å². The van der Waals surface area contributed by atoms with Gasteiger partial charge in [0.1, 0.15) is 6.54 Å². The minimum Gasteiger partial charge on any atom is -0.468 e. The zero-order valence-electron chi connectivity index (χ0n) is 12.3. The van der Waals surface area contributed by atoms with Crippen molar-refractivity contribution >= 4 is 16.9 Å². The fourth-order valence-corrected chi connectivity index (χ4v) is 2.35. The second kappa shape index (κ2) is 5.61. The van der Waals surface area contributed by atoms with Crippen molar-refractivity contribution in [2.45, 2.75) is 19.6 Å². The maximum atomic E-state index is 11.3. The third kappa shape index (κ3) is 2.58. The molecule has 2 heterocycles. The van der Waals surface area contributed by atoms with E-state index in [1.807, 2.05) is 24.4 Å². The number of aliphatic hydroxyl groups is 1. The van der Waals surface area contributed by atoms with Crippen LogP contribution in [0.2, 0.25) is 0 Å². The molecule has 3 aromatic rings. The normalized spacial score (nSPS) is 12.5. The molecule has 1 aromatic carbocycles. The molecule has 0 bridgehead atoms. The number of fused-ring (bicyclic) bond motifs is 1. The van der Waals surface area contributed by atoms with Crippen LogP contribution in [0.4, 0.5) is 0 Å². The van der Waals surface area contributed by atoms with Gasteiger partial charge in [0.2, 0.25) is 0 Å². The molecule has 7 heteroatoms. The third-order valence-electron chi connectivity index (χ3n) is 3.42. The lowest BCUT2D eigenvalue weighted by Crippen LogP contribution is -2.11. The van der Waals surface area contributed by atoms with Crippen LogP contribution >= 0.6 is 0 Å². The lowest BCUT2D eigenvalue weighted by atomic mass is 10.1. The highest BCUT2D eigenvalue weighted by atomic mass is 16.5. The van der Waals surface area contributed by atoms with Crippen molar-refractivity contribution in [2.75, 3.05) is 7.11 Å². The van der Waals surface area contributed by atoms with Crippen molar-refractivity contribution in [3.63, 3.8) is 0 Å². The summed E-state index contributed by atoms with van der Waals surface area (Å²) in [6.45, 7) is 1.74. The molecule has 0 fully saturated rings. The molecule has 0 aliphatic carbocycles. The SMILES string of the molecule is COC(=O)Cn1cc2cc(-n3cccn3)c([C@@H](C)O)cc2n1. The monoisotopic (exact) mass is 300 g/mol. The number of aromatic nitrogens is 4. The Morgan fingerprint density at radius 3 is 2.91 bits per heavy atom. The zero-order valence-corrected chi connectivity index (χ0v) is 12.3. The van der Waals surface area contributed by atoms with Crippen LogP contribution in [0, 0.1) is 0 Å². The van der Waals surface area contributed by atoms with Crippen LogP contribution in [0.5, 0.6) is 0 Å². The van der Waals surface area contributed by atoms with Gasteiger partial charge in [-0.1, -0.05) is 0 Å². The van der Waals surface area contributed by atoms with Crippen LogP contribution in [0.1, 0.15) is 18.6 Å². The molecule has 1 atom stereocenters. The van der Waals surface area contributed by atoms with Crippen LogP contribution in [-0.4, -0.2) is 37.7 Å². The first-order valence-corrected chi connectivity index (χ1v) is 6.84. The molecule has 0 saturated carbocycles. The highest BCUT2D eigenvalue weighted by Crippen LogP contribution is 2.26. The lowest BCUT2D eigenvalue weighted by molar-refractivity contribution is -0.141. The summed E-state index contributed by atoms with van der Waals surface area (Å²) in [5.41, 5.74) is 2.21. The quantitative estimate of drug-likeness (QED) is 0.737. The Morgan fingerprint density at radius 2 is 2.27 bits per heavy atom. The Balaban J connectivity index is 2.11. The molecule has 0 radical (unpaired) electrons. The lowest BCUT2D eigenvalue weighted by Gasteiger charge is -2.12. The van der Waals surface area contributed by atoms with Crippen LogP contribution in [-0.2, 0) is 16.1 Å². The van der Waals surface area contributed by atoms with Gasteiger partial charge in [0, 0.05) is 29.5 Å². The third-order valence-corrected chi connectivity index (χ3v) is 3.42. The first-order valence-electron chi connectivity index (χ1n) is 6.84. The maximum absolute atomic E-state index is 11.3. The first kappa shape index (κ1) is 14.3. The molecule has 0 saturated heterocycles. The number of benzene rings is 1. The number of carbonyl (C=O) groups excluding carboxylic acids is 1. The van der Waals surface area contributed by atoms with Gasteiger partial charge in [-0.2, -0.15) is 10.2 Å². The molecular formula is C15H16N4O3. The molecule has 7 nitrogen and oxygen atoms in total. The van der Waals surface area contributed by atoms with E-state index < -0.39 is 6.10 Å². The average molecular weight is 300 g/mol. The molecular weight excluding hydrogens is 284 g/mol.